The van der Waals surface area contributed by atoms with Gasteiger partial charge in [0.05, 0.1) is 10.6 Å². The number of rotatable bonds is 3. The Bertz CT molecular complexity index is 1090. The van der Waals surface area contributed by atoms with Crippen molar-refractivity contribution in [2.45, 2.75) is 6.92 Å². The van der Waals surface area contributed by atoms with Crippen molar-refractivity contribution in [1.29, 1.82) is 0 Å². The summed E-state index contributed by atoms with van der Waals surface area (Å²) in [5, 5.41) is 17.1. The Morgan fingerprint density at radius 3 is 2.84 bits per heavy atom. The van der Waals surface area contributed by atoms with Gasteiger partial charge in [0.25, 0.3) is 6.20 Å². The number of fused-ring (bicyclic) bond motifs is 1. The van der Waals surface area contributed by atoms with E-state index in [-0.39, 0.29) is 5.88 Å². The van der Waals surface area contributed by atoms with E-state index >= 15 is 0 Å². The van der Waals surface area contributed by atoms with Crippen LogP contribution in [0.2, 0.25) is 0 Å². The van der Waals surface area contributed by atoms with Crippen LogP contribution in [0.3, 0.4) is 0 Å². The van der Waals surface area contributed by atoms with Gasteiger partial charge in [0.1, 0.15) is 4.83 Å². The van der Waals surface area contributed by atoms with Crippen LogP contribution in [0.1, 0.15) is 10.6 Å². The fraction of sp³-hybridized carbons (Fsp3) is 0.0588. The summed E-state index contributed by atoms with van der Waals surface area (Å²) in [6.07, 6.45) is 1.54. The normalized spacial score (nSPS) is 12.0. The van der Waals surface area contributed by atoms with E-state index in [1.807, 2.05) is 49.4 Å². The third kappa shape index (κ3) is 2.83. The zero-order valence-corrected chi connectivity index (χ0v) is 14.0. The number of nitrogen functional groups attached to an aromatic ring is 1. The Morgan fingerprint density at radius 2 is 2.04 bits per heavy atom. The first kappa shape index (κ1) is 15.3. The van der Waals surface area contributed by atoms with Crippen LogP contribution in [0, 0.1) is 6.92 Å². The number of hydrogen-bond acceptors (Lipinski definition) is 7. The molecular weight excluding hydrogens is 338 g/mol. The molecule has 3 aromatic heterocycles. The molecule has 0 unspecified atom stereocenters. The average Bonchev–Trinajstić information content (AvgIpc) is 3.20. The van der Waals surface area contributed by atoms with Gasteiger partial charge in [-0.1, -0.05) is 18.2 Å². The molecule has 0 bridgehead atoms. The highest BCUT2D eigenvalue weighted by atomic mass is 32.1. The number of pyridine rings is 1. The zero-order chi connectivity index (χ0) is 17.4. The summed E-state index contributed by atoms with van der Waals surface area (Å²) >= 11 is 1.22. The lowest BCUT2D eigenvalue weighted by Crippen LogP contribution is -2.30. The minimum absolute atomic E-state index is 0.106. The molecule has 124 valence electrons. The molecule has 4 aromatic rings. The molecule has 0 amide bonds. The quantitative estimate of drug-likeness (QED) is 0.345. The predicted octanol–water partition coefficient (Wildman–Crippen LogP) is 1.89. The van der Waals surface area contributed by atoms with Crippen molar-refractivity contribution in [3.63, 3.8) is 0 Å². The van der Waals surface area contributed by atoms with Crippen LogP contribution in [0.5, 0.6) is 0 Å². The van der Waals surface area contributed by atoms with Crippen molar-refractivity contribution in [2.24, 2.45) is 4.99 Å². The number of nitrogens with zero attached hydrogens (tertiary/aromatic N) is 4. The third-order valence-electron chi connectivity index (χ3n) is 3.61. The van der Waals surface area contributed by atoms with Crippen LogP contribution in [0.4, 0.5) is 11.6 Å². The maximum atomic E-state index is 12.5. The zero-order valence-electron chi connectivity index (χ0n) is 13.2. The summed E-state index contributed by atoms with van der Waals surface area (Å²) in [5.74, 6) is -0.371. The maximum absolute atomic E-state index is 12.5. The topological polar surface area (TPSA) is 104 Å². The van der Waals surface area contributed by atoms with Crippen LogP contribution in [0.15, 0.2) is 58.2 Å². The molecule has 2 N–H and O–H groups in total. The molecule has 0 saturated heterocycles. The summed E-state index contributed by atoms with van der Waals surface area (Å²) in [6, 6.07) is 13.1. The number of para-hydroxylation sites is 1. The largest absolute Gasteiger partial charge is 0.857 e. The molecule has 25 heavy (non-hydrogen) atoms. The van der Waals surface area contributed by atoms with Crippen molar-refractivity contribution < 1.29 is 14.3 Å². The predicted molar refractivity (Wildman–Crippen MR) is 93.0 cm³/mol. The summed E-state index contributed by atoms with van der Waals surface area (Å²) in [7, 11) is 0. The summed E-state index contributed by atoms with van der Waals surface area (Å²) in [4.78, 5) is 9.42. The Kier molecular flexibility index (Phi) is 3.66. The van der Waals surface area contributed by atoms with E-state index < -0.39 is 5.90 Å². The number of nitrogens with two attached hydrogens (primary N) is 1. The van der Waals surface area contributed by atoms with E-state index in [0.717, 1.165) is 16.8 Å². The molecule has 0 aliphatic heterocycles. The smallest absolute Gasteiger partial charge is 0.321 e. The highest BCUT2D eigenvalue weighted by Crippen LogP contribution is 2.32. The van der Waals surface area contributed by atoms with Crippen LogP contribution in [0.25, 0.3) is 15.9 Å². The Balaban J connectivity index is 1.70. The first-order valence-electron chi connectivity index (χ1n) is 7.47. The lowest BCUT2D eigenvalue weighted by molar-refractivity contribution is -0.670. The number of hydrogen-bond donors (Lipinski definition) is 1. The Labute approximate surface area is 146 Å². The van der Waals surface area contributed by atoms with E-state index in [1.165, 1.54) is 16.0 Å². The molecule has 1 aromatic carbocycles. The minimum Gasteiger partial charge on any atom is -0.857 e. The van der Waals surface area contributed by atoms with Gasteiger partial charge in [0.2, 0.25) is 11.0 Å². The van der Waals surface area contributed by atoms with Gasteiger partial charge < -0.3 is 10.8 Å². The fourth-order valence-electron chi connectivity index (χ4n) is 2.39. The van der Waals surface area contributed by atoms with Crippen molar-refractivity contribution in [1.82, 2.24) is 10.3 Å². The van der Waals surface area contributed by atoms with Crippen LogP contribution in [-0.2, 0) is 0 Å². The molecule has 0 atom stereocenters. The summed E-state index contributed by atoms with van der Waals surface area (Å²) < 4.78 is 6.62. The molecule has 0 spiro atoms. The van der Waals surface area contributed by atoms with E-state index in [9.17, 15) is 5.11 Å². The maximum Gasteiger partial charge on any atom is 0.321 e. The molecule has 4 rings (SSSR count). The Hall–Kier alpha value is -3.26. The number of benzene rings is 1. The van der Waals surface area contributed by atoms with E-state index in [2.05, 4.69) is 15.2 Å². The second-order valence-corrected chi connectivity index (χ2v) is 6.39. The molecule has 0 radical (unpaired) electrons. The van der Waals surface area contributed by atoms with Crippen LogP contribution < -0.4 is 15.5 Å². The van der Waals surface area contributed by atoms with E-state index in [1.54, 1.807) is 6.20 Å². The summed E-state index contributed by atoms with van der Waals surface area (Å²) in [6.45, 7) is 1.89. The second kappa shape index (κ2) is 5.99. The average molecular weight is 351 g/mol. The van der Waals surface area contributed by atoms with Crippen molar-refractivity contribution in [3.8, 4) is 5.69 Å². The molecule has 0 aliphatic rings. The molecule has 3 heterocycles. The van der Waals surface area contributed by atoms with Gasteiger partial charge in [-0.2, -0.15) is 0 Å². The number of anilines is 1. The highest BCUT2D eigenvalue weighted by Gasteiger charge is 2.15. The second-order valence-electron chi connectivity index (χ2n) is 5.39. The van der Waals surface area contributed by atoms with E-state index in [4.69, 9.17) is 10.3 Å². The van der Waals surface area contributed by atoms with Gasteiger partial charge in [0, 0.05) is 29.1 Å². The minimum atomic E-state index is -0.477. The van der Waals surface area contributed by atoms with Crippen molar-refractivity contribution in [3.05, 3.63) is 59.2 Å². The van der Waals surface area contributed by atoms with Crippen LogP contribution in [-0.4, -0.2) is 16.2 Å². The number of thiophene rings is 1. The standard InChI is InChI=1S/C17H13N5O2S/c1-10-7-8-12-14(18)15(25-17(12)19-10)16(23)20-13-9-22(21-24-13)11-5-3-2-4-6-11/h2-9H,1H3,(H2-,18,20,21,23). The Morgan fingerprint density at radius 1 is 1.24 bits per heavy atom. The van der Waals surface area contributed by atoms with Gasteiger partial charge >= 0.3 is 5.88 Å². The third-order valence-corrected chi connectivity index (χ3v) is 4.72. The van der Waals surface area contributed by atoms with Gasteiger partial charge in [-0.25, -0.2) is 9.98 Å². The molecule has 8 heteroatoms. The van der Waals surface area contributed by atoms with Crippen LogP contribution >= 0.6 is 11.3 Å². The number of aromatic nitrogens is 3. The van der Waals surface area contributed by atoms with Crippen molar-refractivity contribution >= 4 is 39.0 Å². The lowest BCUT2D eigenvalue weighted by atomic mass is 10.2. The van der Waals surface area contributed by atoms with Gasteiger partial charge in [-0.05, 0) is 23.7 Å². The molecule has 0 aliphatic carbocycles. The van der Waals surface area contributed by atoms with E-state index in [0.29, 0.717) is 15.4 Å². The van der Waals surface area contributed by atoms with Gasteiger partial charge in [-0.3, -0.25) is 4.52 Å². The number of aryl methyl sites for hydroxylation is 1. The van der Waals surface area contributed by atoms with Gasteiger partial charge in [-0.15, -0.1) is 11.3 Å². The highest BCUT2D eigenvalue weighted by molar-refractivity contribution is 7.21. The SMILES string of the molecule is Cc1ccc2c(N)c(/C([O-])=N/c3c[n+](-c4ccccc4)no3)sc2n1. The molecule has 0 saturated carbocycles. The van der Waals surface area contributed by atoms with Gasteiger partial charge in [0.15, 0.2) is 0 Å². The fourth-order valence-corrected chi connectivity index (χ4v) is 3.41. The summed E-state index contributed by atoms with van der Waals surface area (Å²) in [5.41, 5.74) is 8.14. The monoisotopic (exact) mass is 351 g/mol. The van der Waals surface area contributed by atoms with Crippen molar-refractivity contribution in [2.75, 3.05) is 5.73 Å². The number of aliphatic imine (C=N–C) groups is 1. The molecular formula is C17H13N5O2S. The molecule has 0 fully saturated rings. The molecule has 7 nitrogen and oxygen atoms in total. The first-order valence-corrected chi connectivity index (χ1v) is 8.29. The first-order chi connectivity index (χ1) is 12.1. The lowest BCUT2D eigenvalue weighted by Gasteiger charge is -2.06.